The van der Waals surface area contributed by atoms with Crippen LogP contribution in [0.2, 0.25) is 0 Å². The molecule has 0 spiro atoms. The van der Waals surface area contributed by atoms with Crippen LogP contribution in [-0.4, -0.2) is 10.8 Å². The Balaban J connectivity index is 3.10. The first-order chi connectivity index (χ1) is 6.16. The lowest BCUT2D eigenvalue weighted by Crippen LogP contribution is -2.06. The minimum atomic E-state index is -0.323. The van der Waals surface area contributed by atoms with Gasteiger partial charge in [-0.1, -0.05) is 0 Å². The van der Waals surface area contributed by atoms with Gasteiger partial charge in [-0.05, 0) is 12.1 Å². The number of ketones is 1. The number of thiol groups is 1. The molecule has 0 saturated heterocycles. The smallest absolute Gasteiger partial charge is 0.204 e. The number of pyridine rings is 1. The number of Topliss-reactive ketones (excluding diaryl/α,β-unsaturated/α-hetero) is 1. The number of nitrogens with two attached hydrogens (primary N) is 2. The summed E-state index contributed by atoms with van der Waals surface area (Å²) in [5, 5.41) is 0. The summed E-state index contributed by atoms with van der Waals surface area (Å²) in [4.78, 5) is 15.4. The van der Waals surface area contributed by atoms with Crippen LogP contribution in [0.4, 0.5) is 5.82 Å². The summed E-state index contributed by atoms with van der Waals surface area (Å²) >= 11 is 3.89. The third kappa shape index (κ3) is 2.00. The highest BCUT2D eigenvalue weighted by Gasteiger charge is 2.11. The summed E-state index contributed by atoms with van der Waals surface area (Å²) in [6, 6.07) is 3.20. The van der Waals surface area contributed by atoms with Crippen LogP contribution in [0, 0.1) is 0 Å². The summed E-state index contributed by atoms with van der Waals surface area (Å²) in [7, 11) is 0. The number of anilines is 1. The number of nitrogens with zero attached hydrogens (tertiary/aromatic N) is 1. The summed E-state index contributed by atoms with van der Waals surface area (Å²) in [5.74, 6) is -0.141. The minimum Gasteiger partial charge on any atom is -0.404 e. The van der Waals surface area contributed by atoms with E-state index in [0.717, 1.165) is 6.20 Å². The maximum absolute atomic E-state index is 11.5. The molecule has 0 unspecified atom stereocenters. The van der Waals surface area contributed by atoms with Gasteiger partial charge >= 0.3 is 0 Å². The van der Waals surface area contributed by atoms with Crippen molar-refractivity contribution in [3.05, 3.63) is 35.0 Å². The number of hydrogen-bond donors (Lipinski definition) is 3. The zero-order chi connectivity index (χ0) is 9.84. The normalized spacial score (nSPS) is 11.3. The van der Waals surface area contributed by atoms with Gasteiger partial charge in [-0.15, -0.1) is 12.6 Å². The lowest BCUT2D eigenvalue weighted by atomic mass is 10.1. The molecule has 4 N–H and O–H groups in total. The maximum Gasteiger partial charge on any atom is 0.204 e. The number of carbonyl (C=O) groups is 1. The predicted octanol–water partition coefficient (Wildman–Crippen LogP) is 0.576. The van der Waals surface area contributed by atoms with Gasteiger partial charge in [0.05, 0.1) is 10.5 Å². The summed E-state index contributed by atoms with van der Waals surface area (Å²) in [5.41, 5.74) is 10.9. The van der Waals surface area contributed by atoms with Crippen LogP contribution >= 0.6 is 12.6 Å². The molecular formula is C8H9N3OS. The van der Waals surface area contributed by atoms with Crippen LogP contribution in [0.1, 0.15) is 10.4 Å². The number of hydrogen-bond acceptors (Lipinski definition) is 5. The van der Waals surface area contributed by atoms with E-state index in [4.69, 9.17) is 11.5 Å². The SMILES string of the molecule is N/C=C(\S)C(=O)c1cccnc1N. The van der Waals surface area contributed by atoms with E-state index in [1.54, 1.807) is 12.1 Å². The van der Waals surface area contributed by atoms with Crippen molar-refractivity contribution in [2.24, 2.45) is 5.73 Å². The van der Waals surface area contributed by atoms with Gasteiger partial charge in [-0.3, -0.25) is 4.79 Å². The first-order valence-corrected chi connectivity index (χ1v) is 3.97. The van der Waals surface area contributed by atoms with E-state index in [1.165, 1.54) is 6.20 Å². The molecule has 1 aromatic heterocycles. The van der Waals surface area contributed by atoms with Crippen LogP contribution in [0.15, 0.2) is 29.4 Å². The molecule has 0 amide bonds. The molecule has 0 saturated carbocycles. The molecule has 0 aromatic carbocycles. The zero-order valence-corrected chi connectivity index (χ0v) is 7.66. The van der Waals surface area contributed by atoms with Crippen LogP contribution in [0.5, 0.6) is 0 Å². The quantitative estimate of drug-likeness (QED) is 0.366. The zero-order valence-electron chi connectivity index (χ0n) is 6.77. The molecule has 0 radical (unpaired) electrons. The van der Waals surface area contributed by atoms with Crippen molar-refractivity contribution in [2.75, 3.05) is 5.73 Å². The van der Waals surface area contributed by atoms with Crippen LogP contribution < -0.4 is 11.5 Å². The van der Waals surface area contributed by atoms with Crippen molar-refractivity contribution in [1.29, 1.82) is 0 Å². The second kappa shape index (κ2) is 3.95. The molecular weight excluding hydrogens is 186 g/mol. The van der Waals surface area contributed by atoms with Crippen molar-refractivity contribution in [3.63, 3.8) is 0 Å². The standard InChI is InChI=1S/C8H9N3OS/c9-4-6(13)7(12)5-2-1-3-11-8(5)10/h1-4,13H,9H2,(H2,10,11)/b6-4-. The van der Waals surface area contributed by atoms with E-state index in [-0.39, 0.29) is 16.5 Å². The molecule has 1 heterocycles. The first-order valence-electron chi connectivity index (χ1n) is 3.53. The molecule has 1 rings (SSSR count). The Kier molecular flexibility index (Phi) is 2.92. The van der Waals surface area contributed by atoms with Gasteiger partial charge in [-0.2, -0.15) is 0 Å². The van der Waals surface area contributed by atoms with E-state index in [2.05, 4.69) is 17.6 Å². The molecule has 1 aromatic rings. The summed E-state index contributed by atoms with van der Waals surface area (Å²) < 4.78 is 0. The Morgan fingerprint density at radius 1 is 1.62 bits per heavy atom. The largest absolute Gasteiger partial charge is 0.404 e. The Morgan fingerprint density at radius 2 is 2.31 bits per heavy atom. The van der Waals surface area contributed by atoms with Crippen molar-refractivity contribution < 1.29 is 4.79 Å². The third-order valence-corrected chi connectivity index (χ3v) is 1.83. The second-order valence-corrected chi connectivity index (χ2v) is 2.80. The van der Waals surface area contributed by atoms with Crippen LogP contribution in [0.3, 0.4) is 0 Å². The highest BCUT2D eigenvalue weighted by Crippen LogP contribution is 2.14. The number of rotatable bonds is 2. The van der Waals surface area contributed by atoms with Gasteiger partial charge in [-0.25, -0.2) is 4.98 Å². The second-order valence-electron chi connectivity index (χ2n) is 2.32. The van der Waals surface area contributed by atoms with E-state index in [9.17, 15) is 4.79 Å². The van der Waals surface area contributed by atoms with E-state index < -0.39 is 0 Å². The molecule has 0 aliphatic carbocycles. The summed E-state index contributed by atoms with van der Waals surface area (Å²) in [6.07, 6.45) is 2.63. The number of aromatic nitrogens is 1. The van der Waals surface area contributed by atoms with Gasteiger partial charge < -0.3 is 11.5 Å². The van der Waals surface area contributed by atoms with E-state index in [0.29, 0.717) is 5.56 Å². The van der Waals surface area contributed by atoms with Gasteiger partial charge in [0.2, 0.25) is 5.78 Å². The fourth-order valence-corrected chi connectivity index (χ4v) is 0.944. The molecule has 0 aliphatic rings. The molecule has 13 heavy (non-hydrogen) atoms. The molecule has 0 aliphatic heterocycles. The number of allylic oxidation sites excluding steroid dienone is 1. The molecule has 0 atom stereocenters. The fraction of sp³-hybridized carbons (Fsp3) is 0. The van der Waals surface area contributed by atoms with Gasteiger partial charge in [0.25, 0.3) is 0 Å². The minimum absolute atomic E-state index is 0.153. The van der Waals surface area contributed by atoms with Crippen molar-refractivity contribution in [2.45, 2.75) is 0 Å². The average molecular weight is 195 g/mol. The number of carbonyl (C=O) groups excluding carboxylic acids is 1. The molecule has 0 fully saturated rings. The van der Waals surface area contributed by atoms with Crippen LogP contribution in [0.25, 0.3) is 0 Å². The average Bonchev–Trinajstić information content (AvgIpc) is 2.16. The van der Waals surface area contributed by atoms with Crippen molar-refractivity contribution in [1.82, 2.24) is 4.98 Å². The van der Waals surface area contributed by atoms with Crippen molar-refractivity contribution in [3.8, 4) is 0 Å². The Bertz CT molecular complexity index is 362. The lowest BCUT2D eigenvalue weighted by Gasteiger charge is -2.01. The predicted molar refractivity (Wildman–Crippen MR) is 54.2 cm³/mol. The monoisotopic (exact) mass is 195 g/mol. The Morgan fingerprint density at radius 3 is 2.85 bits per heavy atom. The lowest BCUT2D eigenvalue weighted by molar-refractivity contribution is 0.104. The highest BCUT2D eigenvalue weighted by molar-refractivity contribution is 7.85. The van der Waals surface area contributed by atoms with E-state index >= 15 is 0 Å². The molecule has 68 valence electrons. The Labute approximate surface area is 81.1 Å². The molecule has 0 bridgehead atoms. The highest BCUT2D eigenvalue weighted by atomic mass is 32.1. The molecule has 4 nitrogen and oxygen atoms in total. The van der Waals surface area contributed by atoms with Gasteiger partial charge in [0.1, 0.15) is 5.82 Å². The van der Waals surface area contributed by atoms with Crippen molar-refractivity contribution >= 4 is 24.2 Å². The fourth-order valence-electron chi connectivity index (χ4n) is 0.823. The third-order valence-electron chi connectivity index (χ3n) is 1.47. The molecule has 5 heteroatoms. The maximum atomic E-state index is 11.5. The van der Waals surface area contributed by atoms with Crippen LogP contribution in [-0.2, 0) is 0 Å². The van der Waals surface area contributed by atoms with Gasteiger partial charge in [0.15, 0.2) is 0 Å². The topological polar surface area (TPSA) is 82.0 Å². The van der Waals surface area contributed by atoms with E-state index in [1.807, 2.05) is 0 Å². The summed E-state index contributed by atoms with van der Waals surface area (Å²) in [6.45, 7) is 0. The number of nitrogen functional groups attached to an aromatic ring is 1. The first kappa shape index (κ1) is 9.60. The van der Waals surface area contributed by atoms with Gasteiger partial charge in [0, 0.05) is 12.4 Å². The Hall–Kier alpha value is -1.49.